The van der Waals surface area contributed by atoms with E-state index in [-0.39, 0.29) is 30.1 Å². The molecule has 1 N–H and O–H groups in total. The smallest absolute Gasteiger partial charge is 0.338 e. The first kappa shape index (κ1) is 24.5. The monoisotopic (exact) mass is 478 g/mol. The zero-order valence-corrected chi connectivity index (χ0v) is 19.2. The van der Waals surface area contributed by atoms with Gasteiger partial charge in [-0.3, -0.25) is 4.79 Å². The normalized spacial score (nSPS) is 14.4. The molecule has 1 fully saturated rings. The number of hydrogen-bond acceptors (Lipinski definition) is 8. The van der Waals surface area contributed by atoms with Crippen molar-refractivity contribution in [2.75, 3.05) is 47.1 Å². The van der Waals surface area contributed by atoms with Gasteiger partial charge in [0.2, 0.25) is 10.0 Å². The van der Waals surface area contributed by atoms with Crippen LogP contribution in [0, 0.1) is 0 Å². The Balaban J connectivity index is 1.55. The van der Waals surface area contributed by atoms with Gasteiger partial charge in [-0.15, -0.1) is 0 Å². The van der Waals surface area contributed by atoms with Crippen molar-refractivity contribution in [1.29, 1.82) is 0 Å². The lowest BCUT2D eigenvalue weighted by Crippen LogP contribution is -2.40. The van der Waals surface area contributed by atoms with Gasteiger partial charge in [0.05, 0.1) is 37.9 Å². The second-order valence-corrected chi connectivity index (χ2v) is 9.02. The quantitative estimate of drug-likeness (QED) is 0.534. The van der Waals surface area contributed by atoms with Crippen molar-refractivity contribution in [2.45, 2.75) is 11.4 Å². The van der Waals surface area contributed by atoms with E-state index in [2.05, 4.69) is 5.32 Å². The van der Waals surface area contributed by atoms with Gasteiger partial charge < -0.3 is 24.3 Å². The second-order valence-electron chi connectivity index (χ2n) is 7.09. The number of nitrogens with zero attached hydrogens (tertiary/aromatic N) is 1. The Bertz CT molecular complexity index is 1100. The number of carbonyl (C=O) groups excluding carboxylic acids is 2. The number of sulfonamides is 1. The molecule has 1 saturated heterocycles. The summed E-state index contributed by atoms with van der Waals surface area (Å²) in [5.41, 5.74) is 0.811. The Morgan fingerprint density at radius 2 is 1.76 bits per heavy atom. The van der Waals surface area contributed by atoms with Gasteiger partial charge in [0.25, 0.3) is 5.91 Å². The van der Waals surface area contributed by atoms with Crippen molar-refractivity contribution < 1.29 is 37.0 Å². The molecule has 0 radical (unpaired) electrons. The summed E-state index contributed by atoms with van der Waals surface area (Å²) >= 11 is 0. The molecule has 0 spiro atoms. The van der Waals surface area contributed by atoms with E-state index < -0.39 is 28.5 Å². The molecule has 2 aromatic carbocycles. The molecule has 178 valence electrons. The van der Waals surface area contributed by atoms with Crippen LogP contribution in [0.2, 0.25) is 0 Å². The highest BCUT2D eigenvalue weighted by molar-refractivity contribution is 7.89. The van der Waals surface area contributed by atoms with Gasteiger partial charge in [-0.2, -0.15) is 4.31 Å². The van der Waals surface area contributed by atoms with Crippen molar-refractivity contribution in [3.8, 4) is 11.5 Å². The fourth-order valence-electron chi connectivity index (χ4n) is 3.18. The van der Waals surface area contributed by atoms with Gasteiger partial charge in [0, 0.05) is 19.6 Å². The molecule has 33 heavy (non-hydrogen) atoms. The molecule has 0 saturated carbocycles. The maximum atomic E-state index is 12.8. The van der Waals surface area contributed by atoms with Gasteiger partial charge in [0.15, 0.2) is 18.1 Å². The third-order valence-corrected chi connectivity index (χ3v) is 6.84. The predicted octanol–water partition coefficient (Wildman–Crippen LogP) is 1.20. The Labute approximate surface area is 192 Å². The lowest BCUT2D eigenvalue weighted by atomic mass is 10.2. The maximum absolute atomic E-state index is 12.8. The van der Waals surface area contributed by atoms with Crippen LogP contribution in [0.3, 0.4) is 0 Å². The summed E-state index contributed by atoms with van der Waals surface area (Å²) in [5.74, 6) is -0.201. The van der Waals surface area contributed by atoms with Crippen LogP contribution in [0.5, 0.6) is 11.5 Å². The number of ether oxygens (including phenoxy) is 4. The van der Waals surface area contributed by atoms with E-state index in [0.717, 1.165) is 5.56 Å². The molecular formula is C22H26N2O8S. The van der Waals surface area contributed by atoms with E-state index in [4.69, 9.17) is 18.9 Å². The van der Waals surface area contributed by atoms with E-state index in [1.807, 2.05) is 0 Å². The Kier molecular flexibility index (Phi) is 8.26. The zero-order chi connectivity index (χ0) is 23.8. The fourth-order valence-corrected chi connectivity index (χ4v) is 4.63. The number of esters is 1. The minimum atomic E-state index is -3.75. The molecule has 0 atom stereocenters. The number of morpholine rings is 1. The summed E-state index contributed by atoms with van der Waals surface area (Å²) in [7, 11) is -0.708. The molecule has 0 bridgehead atoms. The third kappa shape index (κ3) is 6.21. The number of benzene rings is 2. The Morgan fingerprint density at radius 1 is 1.03 bits per heavy atom. The van der Waals surface area contributed by atoms with Gasteiger partial charge in [-0.25, -0.2) is 13.2 Å². The topological polar surface area (TPSA) is 120 Å². The van der Waals surface area contributed by atoms with Crippen LogP contribution in [0.1, 0.15) is 15.9 Å². The molecule has 11 heteroatoms. The Hall–Kier alpha value is -3.15. The molecular weight excluding hydrogens is 452 g/mol. The summed E-state index contributed by atoms with van der Waals surface area (Å²) in [6.07, 6.45) is 0. The van der Waals surface area contributed by atoms with Crippen molar-refractivity contribution in [3.63, 3.8) is 0 Å². The standard InChI is InChI=1S/C22H26N2O8S/c1-29-19-7-6-16(12-20(19)30-2)14-23-21(25)15-32-22(26)17-4-3-5-18(13-17)33(27,28)24-8-10-31-11-9-24/h3-7,12-13H,8-11,14-15H2,1-2H3,(H,23,25). The van der Waals surface area contributed by atoms with Crippen molar-refractivity contribution >= 4 is 21.9 Å². The van der Waals surface area contributed by atoms with Crippen LogP contribution in [0.25, 0.3) is 0 Å². The summed E-state index contributed by atoms with van der Waals surface area (Å²) < 4.78 is 47.5. The van der Waals surface area contributed by atoms with Crippen LogP contribution in [-0.2, 0) is 30.8 Å². The third-order valence-electron chi connectivity index (χ3n) is 4.95. The van der Waals surface area contributed by atoms with Crippen LogP contribution in [0.4, 0.5) is 0 Å². The number of methoxy groups -OCH3 is 2. The minimum absolute atomic E-state index is 0.0169. The zero-order valence-electron chi connectivity index (χ0n) is 18.4. The largest absolute Gasteiger partial charge is 0.493 e. The molecule has 3 rings (SSSR count). The molecule has 0 aromatic heterocycles. The average Bonchev–Trinajstić information content (AvgIpc) is 2.86. The molecule has 1 aliphatic heterocycles. The van der Waals surface area contributed by atoms with Gasteiger partial charge in [-0.1, -0.05) is 12.1 Å². The van der Waals surface area contributed by atoms with Gasteiger partial charge >= 0.3 is 5.97 Å². The first-order valence-electron chi connectivity index (χ1n) is 10.2. The minimum Gasteiger partial charge on any atom is -0.493 e. The summed E-state index contributed by atoms with van der Waals surface area (Å²) in [6.45, 7) is 0.823. The second kappa shape index (κ2) is 11.1. The molecule has 0 unspecified atom stereocenters. The van der Waals surface area contributed by atoms with E-state index in [1.165, 1.54) is 42.8 Å². The van der Waals surface area contributed by atoms with Crippen molar-refractivity contribution in [2.24, 2.45) is 0 Å². The summed E-state index contributed by atoms with van der Waals surface area (Å²) in [4.78, 5) is 24.5. The van der Waals surface area contributed by atoms with Crippen LogP contribution < -0.4 is 14.8 Å². The predicted molar refractivity (Wildman–Crippen MR) is 118 cm³/mol. The van der Waals surface area contributed by atoms with Crippen molar-refractivity contribution in [1.82, 2.24) is 9.62 Å². The number of nitrogens with one attached hydrogen (secondary N) is 1. The Morgan fingerprint density at radius 3 is 2.45 bits per heavy atom. The van der Waals surface area contributed by atoms with Gasteiger partial charge in [-0.05, 0) is 35.9 Å². The SMILES string of the molecule is COc1ccc(CNC(=O)COC(=O)c2cccc(S(=O)(=O)N3CCOCC3)c2)cc1OC. The van der Waals surface area contributed by atoms with E-state index >= 15 is 0 Å². The van der Waals surface area contributed by atoms with E-state index in [1.54, 1.807) is 18.2 Å². The number of amides is 1. The highest BCUT2D eigenvalue weighted by atomic mass is 32.2. The van der Waals surface area contributed by atoms with E-state index in [9.17, 15) is 18.0 Å². The molecule has 1 amide bonds. The molecule has 0 aliphatic carbocycles. The van der Waals surface area contributed by atoms with Crippen molar-refractivity contribution in [3.05, 3.63) is 53.6 Å². The number of carbonyl (C=O) groups is 2. The highest BCUT2D eigenvalue weighted by Crippen LogP contribution is 2.27. The number of rotatable bonds is 9. The number of hydrogen-bond donors (Lipinski definition) is 1. The van der Waals surface area contributed by atoms with Crippen LogP contribution in [0.15, 0.2) is 47.4 Å². The van der Waals surface area contributed by atoms with Crippen LogP contribution >= 0.6 is 0 Å². The van der Waals surface area contributed by atoms with Crippen LogP contribution in [-0.4, -0.2) is 71.7 Å². The fraction of sp³-hybridized carbons (Fsp3) is 0.364. The molecule has 1 aliphatic rings. The first-order valence-corrected chi connectivity index (χ1v) is 11.6. The lowest BCUT2D eigenvalue weighted by Gasteiger charge is -2.26. The average molecular weight is 479 g/mol. The highest BCUT2D eigenvalue weighted by Gasteiger charge is 2.27. The maximum Gasteiger partial charge on any atom is 0.338 e. The lowest BCUT2D eigenvalue weighted by molar-refractivity contribution is -0.124. The molecule has 10 nitrogen and oxygen atoms in total. The summed E-state index contributed by atoms with van der Waals surface area (Å²) in [6, 6.07) is 10.8. The van der Waals surface area contributed by atoms with Gasteiger partial charge in [0.1, 0.15) is 0 Å². The molecule has 1 heterocycles. The summed E-state index contributed by atoms with van der Waals surface area (Å²) in [5, 5.41) is 2.65. The molecule has 2 aromatic rings. The first-order chi connectivity index (χ1) is 15.8. The van der Waals surface area contributed by atoms with E-state index in [0.29, 0.717) is 24.7 Å².